The van der Waals surface area contributed by atoms with Crippen LogP contribution in [0, 0.1) is 0 Å². The first-order valence-corrected chi connectivity index (χ1v) is 6.87. The molecule has 2 rings (SSSR count). The van der Waals surface area contributed by atoms with Crippen molar-refractivity contribution >= 4 is 12.6 Å². The Bertz CT molecular complexity index is 549. The summed E-state index contributed by atoms with van der Waals surface area (Å²) in [4.78, 5) is 11.7. The van der Waals surface area contributed by atoms with Crippen LogP contribution in [0.1, 0.15) is 34.6 Å². The van der Waals surface area contributed by atoms with Crippen LogP contribution in [-0.4, -0.2) is 29.5 Å². The lowest BCUT2D eigenvalue weighted by Gasteiger charge is -2.32. The molecule has 0 aromatic carbocycles. The van der Waals surface area contributed by atoms with Gasteiger partial charge in [0.05, 0.1) is 17.8 Å². The highest BCUT2D eigenvalue weighted by Crippen LogP contribution is 2.37. The molecule has 0 spiro atoms. The molecule has 20 heavy (non-hydrogen) atoms. The van der Waals surface area contributed by atoms with E-state index in [1.165, 1.54) is 10.6 Å². The third-order valence-corrected chi connectivity index (χ3v) is 4.03. The van der Waals surface area contributed by atoms with E-state index in [4.69, 9.17) is 14.0 Å². The summed E-state index contributed by atoms with van der Waals surface area (Å²) in [5, 5.41) is 0. The van der Waals surface area contributed by atoms with Crippen molar-refractivity contribution in [3.63, 3.8) is 0 Å². The second-order valence-corrected chi connectivity index (χ2v) is 6.06. The van der Waals surface area contributed by atoms with Crippen molar-refractivity contribution in [1.82, 2.24) is 4.57 Å². The molecule has 0 amide bonds. The van der Waals surface area contributed by atoms with Gasteiger partial charge in [-0.3, -0.25) is 4.79 Å². The first-order chi connectivity index (χ1) is 9.18. The van der Waals surface area contributed by atoms with E-state index in [-0.39, 0.29) is 5.56 Å². The predicted molar refractivity (Wildman–Crippen MR) is 78.6 cm³/mol. The van der Waals surface area contributed by atoms with Crippen LogP contribution in [-0.2, 0) is 16.4 Å². The highest BCUT2D eigenvalue weighted by atomic mass is 16.7. The highest BCUT2D eigenvalue weighted by molar-refractivity contribution is 6.63. The van der Waals surface area contributed by atoms with E-state index in [1.54, 1.807) is 13.2 Å². The van der Waals surface area contributed by atoms with Gasteiger partial charge in [0.15, 0.2) is 0 Å². The zero-order valence-electron chi connectivity index (χ0n) is 13.0. The molecule has 0 unspecified atom stereocenters. The van der Waals surface area contributed by atoms with E-state index in [1.807, 2.05) is 34.6 Å². The van der Waals surface area contributed by atoms with E-state index in [0.717, 1.165) is 5.46 Å². The monoisotopic (exact) mass is 279 g/mol. The average molecular weight is 279 g/mol. The van der Waals surface area contributed by atoms with Gasteiger partial charge < -0.3 is 18.6 Å². The average Bonchev–Trinajstić information content (AvgIpc) is 2.53. The SMILES string of the molecule is CCOc1cc(=O)n(C)cc1B1OC(C)(C)C(C)(C)O1. The van der Waals surface area contributed by atoms with E-state index >= 15 is 0 Å². The van der Waals surface area contributed by atoms with Crippen LogP contribution in [0.5, 0.6) is 5.75 Å². The molecule has 6 heteroatoms. The van der Waals surface area contributed by atoms with Gasteiger partial charge >= 0.3 is 7.12 Å². The fourth-order valence-corrected chi connectivity index (χ4v) is 2.06. The quantitative estimate of drug-likeness (QED) is 0.777. The molecule has 1 aliphatic heterocycles. The third kappa shape index (κ3) is 2.50. The highest BCUT2D eigenvalue weighted by Gasteiger charge is 2.52. The summed E-state index contributed by atoms with van der Waals surface area (Å²) < 4.78 is 19.1. The van der Waals surface area contributed by atoms with Gasteiger partial charge in [-0.05, 0) is 34.6 Å². The Morgan fingerprint density at radius 1 is 1.25 bits per heavy atom. The molecule has 5 nitrogen and oxygen atoms in total. The van der Waals surface area contributed by atoms with Crippen molar-refractivity contribution in [2.45, 2.75) is 45.8 Å². The molecular weight excluding hydrogens is 257 g/mol. The van der Waals surface area contributed by atoms with Crippen molar-refractivity contribution in [2.75, 3.05) is 6.61 Å². The molecular formula is C14H22BNO4. The summed E-state index contributed by atoms with van der Waals surface area (Å²) >= 11 is 0. The van der Waals surface area contributed by atoms with E-state index < -0.39 is 18.3 Å². The number of aromatic nitrogens is 1. The lowest BCUT2D eigenvalue weighted by atomic mass is 9.79. The Labute approximate surface area is 120 Å². The van der Waals surface area contributed by atoms with Gasteiger partial charge in [0.2, 0.25) is 0 Å². The number of hydrogen-bond donors (Lipinski definition) is 0. The molecule has 0 saturated carbocycles. The van der Waals surface area contributed by atoms with E-state index in [9.17, 15) is 4.79 Å². The number of pyridine rings is 1. The second-order valence-electron chi connectivity index (χ2n) is 6.06. The van der Waals surface area contributed by atoms with Crippen LogP contribution in [0.3, 0.4) is 0 Å². The number of aryl methyl sites for hydroxylation is 1. The minimum Gasteiger partial charge on any atom is -0.494 e. The van der Waals surface area contributed by atoms with Gasteiger partial charge in [0, 0.05) is 24.8 Å². The van der Waals surface area contributed by atoms with Crippen LogP contribution in [0.4, 0.5) is 0 Å². The summed E-state index contributed by atoms with van der Waals surface area (Å²) in [6, 6.07) is 1.48. The van der Waals surface area contributed by atoms with Crippen molar-refractivity contribution < 1.29 is 14.0 Å². The van der Waals surface area contributed by atoms with Crippen LogP contribution < -0.4 is 15.8 Å². The molecule has 0 N–H and O–H groups in total. The van der Waals surface area contributed by atoms with Gasteiger partial charge in [-0.25, -0.2) is 0 Å². The van der Waals surface area contributed by atoms with Crippen molar-refractivity contribution in [3.05, 3.63) is 22.6 Å². The Kier molecular flexibility index (Phi) is 3.73. The summed E-state index contributed by atoms with van der Waals surface area (Å²) in [6.45, 7) is 10.3. The molecule has 1 aromatic rings. The van der Waals surface area contributed by atoms with Crippen molar-refractivity contribution in [3.8, 4) is 5.75 Å². The molecule has 1 aliphatic rings. The zero-order valence-corrected chi connectivity index (χ0v) is 13.0. The maximum absolute atomic E-state index is 11.7. The lowest BCUT2D eigenvalue weighted by molar-refractivity contribution is 0.00578. The minimum absolute atomic E-state index is 0.117. The van der Waals surface area contributed by atoms with Crippen molar-refractivity contribution in [1.29, 1.82) is 0 Å². The third-order valence-electron chi connectivity index (χ3n) is 4.03. The first-order valence-electron chi connectivity index (χ1n) is 6.87. The van der Waals surface area contributed by atoms with E-state index in [2.05, 4.69) is 0 Å². The summed E-state index contributed by atoms with van der Waals surface area (Å²) in [7, 11) is 1.17. The molecule has 0 bridgehead atoms. The molecule has 110 valence electrons. The molecule has 0 atom stereocenters. The molecule has 1 fully saturated rings. The van der Waals surface area contributed by atoms with Crippen LogP contribution >= 0.6 is 0 Å². The predicted octanol–water partition coefficient (Wildman–Crippen LogP) is 1.08. The van der Waals surface area contributed by atoms with Crippen LogP contribution in [0.15, 0.2) is 17.1 Å². The Morgan fingerprint density at radius 2 is 1.80 bits per heavy atom. The zero-order chi connectivity index (χ0) is 15.1. The fourth-order valence-electron chi connectivity index (χ4n) is 2.06. The maximum Gasteiger partial charge on any atom is 0.500 e. The number of hydrogen-bond acceptors (Lipinski definition) is 4. The summed E-state index contributed by atoms with van der Waals surface area (Å²) in [6.07, 6.45) is 1.72. The van der Waals surface area contributed by atoms with Crippen LogP contribution in [0.25, 0.3) is 0 Å². The largest absolute Gasteiger partial charge is 0.500 e. The summed E-state index contributed by atoms with van der Waals surface area (Å²) in [5.74, 6) is 0.522. The van der Waals surface area contributed by atoms with Gasteiger partial charge in [0.1, 0.15) is 5.75 Å². The smallest absolute Gasteiger partial charge is 0.494 e. The van der Waals surface area contributed by atoms with Gasteiger partial charge in [-0.1, -0.05) is 0 Å². The molecule has 2 heterocycles. The molecule has 1 aromatic heterocycles. The van der Waals surface area contributed by atoms with Crippen LogP contribution in [0.2, 0.25) is 0 Å². The van der Waals surface area contributed by atoms with Gasteiger partial charge in [-0.15, -0.1) is 0 Å². The normalized spacial score (nSPS) is 20.2. The molecule has 0 radical (unpaired) electrons. The fraction of sp³-hybridized carbons (Fsp3) is 0.643. The Hall–Kier alpha value is -1.27. The van der Waals surface area contributed by atoms with E-state index in [0.29, 0.717) is 12.4 Å². The van der Waals surface area contributed by atoms with Gasteiger partial charge in [-0.2, -0.15) is 0 Å². The maximum atomic E-state index is 11.7. The number of ether oxygens (including phenoxy) is 1. The standard InChI is InChI=1S/C14H22BNO4/c1-7-18-11-8-12(17)16(6)9-10(11)15-19-13(2,3)14(4,5)20-15/h8-9H,7H2,1-6H3. The number of nitrogens with zero attached hydrogens (tertiary/aromatic N) is 1. The van der Waals surface area contributed by atoms with Crippen molar-refractivity contribution in [2.24, 2.45) is 7.05 Å². The molecule has 1 saturated heterocycles. The van der Waals surface area contributed by atoms with Gasteiger partial charge in [0.25, 0.3) is 5.56 Å². The first kappa shape index (κ1) is 15.1. The Balaban J connectivity index is 2.43. The molecule has 0 aliphatic carbocycles. The summed E-state index contributed by atoms with van der Waals surface area (Å²) in [5.41, 5.74) is -0.215. The lowest BCUT2D eigenvalue weighted by Crippen LogP contribution is -2.41. The second kappa shape index (κ2) is 4.93. The number of rotatable bonds is 3. The topological polar surface area (TPSA) is 49.7 Å². The minimum atomic E-state index is -0.534. The Morgan fingerprint density at radius 3 is 2.30 bits per heavy atom.